The Morgan fingerprint density at radius 2 is 1.91 bits per heavy atom. The molecule has 0 radical (unpaired) electrons. The van der Waals surface area contributed by atoms with Crippen LogP contribution in [0.25, 0.3) is 6.08 Å². The summed E-state index contributed by atoms with van der Waals surface area (Å²) in [6.07, 6.45) is 14.0. The van der Waals surface area contributed by atoms with Crippen molar-refractivity contribution in [2.75, 3.05) is 6.61 Å². The summed E-state index contributed by atoms with van der Waals surface area (Å²) in [7, 11) is 0. The maximum absolute atomic E-state index is 12.7. The Bertz CT molecular complexity index is 836. The Kier molecular flexibility index (Phi) is 15.3. The average molecular weight is 504 g/mol. The van der Waals surface area contributed by atoms with Gasteiger partial charge in [-0.25, -0.2) is 4.98 Å². The second-order valence-electron chi connectivity index (χ2n) is 10.3. The molecule has 1 rings (SSSR count). The van der Waals surface area contributed by atoms with Crippen molar-refractivity contribution in [1.82, 2.24) is 4.98 Å². The van der Waals surface area contributed by atoms with Gasteiger partial charge in [0.2, 0.25) is 0 Å². The molecule has 0 aliphatic heterocycles. The summed E-state index contributed by atoms with van der Waals surface area (Å²) >= 11 is 1.66. The lowest BCUT2D eigenvalue weighted by Crippen LogP contribution is -2.33. The molecule has 1 heterocycles. The SMILES string of the molecule is C/C=C/CCC/C(C)=C\CC(OCCCC(C)C(=O)C(C)C(O)C(C)C)/C(C)=C/c1csc(C)n1. The van der Waals surface area contributed by atoms with Gasteiger partial charge in [0.25, 0.3) is 0 Å². The fourth-order valence-corrected chi connectivity index (χ4v) is 4.76. The summed E-state index contributed by atoms with van der Waals surface area (Å²) in [6.45, 7) is 16.7. The van der Waals surface area contributed by atoms with Crippen molar-refractivity contribution in [3.05, 3.63) is 45.5 Å². The number of allylic oxidation sites excluding steroid dienone is 3. The Morgan fingerprint density at radius 3 is 2.51 bits per heavy atom. The molecule has 4 atom stereocenters. The summed E-state index contributed by atoms with van der Waals surface area (Å²) in [5, 5.41) is 13.4. The van der Waals surface area contributed by atoms with Crippen molar-refractivity contribution in [3.8, 4) is 0 Å². The van der Waals surface area contributed by atoms with E-state index < -0.39 is 6.10 Å². The van der Waals surface area contributed by atoms with E-state index in [2.05, 4.69) is 55.4 Å². The van der Waals surface area contributed by atoms with E-state index in [1.807, 2.05) is 34.6 Å². The lowest BCUT2D eigenvalue weighted by molar-refractivity contribution is -0.130. The number of aliphatic hydroxyl groups excluding tert-OH is 1. The number of hydrogen-bond donors (Lipinski definition) is 1. The molecule has 1 aromatic rings. The van der Waals surface area contributed by atoms with Crippen molar-refractivity contribution in [1.29, 1.82) is 0 Å². The molecule has 0 aromatic carbocycles. The van der Waals surface area contributed by atoms with Gasteiger partial charge < -0.3 is 9.84 Å². The molecule has 198 valence electrons. The third-order valence-electron chi connectivity index (χ3n) is 6.61. The second kappa shape index (κ2) is 17.0. The number of unbranched alkanes of at least 4 members (excludes halogenated alkanes) is 1. The van der Waals surface area contributed by atoms with E-state index in [0.717, 1.165) is 42.8 Å². The summed E-state index contributed by atoms with van der Waals surface area (Å²) in [5.41, 5.74) is 3.56. The fourth-order valence-electron chi connectivity index (χ4n) is 4.19. The molecule has 35 heavy (non-hydrogen) atoms. The van der Waals surface area contributed by atoms with E-state index in [0.29, 0.717) is 6.61 Å². The van der Waals surface area contributed by atoms with Crippen LogP contribution >= 0.6 is 11.3 Å². The Balaban J connectivity index is 2.70. The fraction of sp³-hybridized carbons (Fsp3) is 0.667. The van der Waals surface area contributed by atoms with E-state index in [1.54, 1.807) is 11.3 Å². The number of aliphatic hydroxyl groups is 1. The highest BCUT2D eigenvalue weighted by Crippen LogP contribution is 2.22. The van der Waals surface area contributed by atoms with E-state index >= 15 is 0 Å². The predicted octanol–water partition coefficient (Wildman–Crippen LogP) is 7.96. The van der Waals surface area contributed by atoms with Gasteiger partial charge in [-0.1, -0.05) is 51.5 Å². The predicted molar refractivity (Wildman–Crippen MR) is 151 cm³/mol. The third kappa shape index (κ3) is 12.3. The number of aromatic nitrogens is 1. The van der Waals surface area contributed by atoms with Crippen LogP contribution in [-0.4, -0.2) is 34.7 Å². The van der Waals surface area contributed by atoms with Gasteiger partial charge in [0.05, 0.1) is 22.9 Å². The number of ether oxygens (including phenoxy) is 1. The molecule has 0 fully saturated rings. The van der Waals surface area contributed by atoms with Crippen LogP contribution in [0.4, 0.5) is 0 Å². The Hall–Kier alpha value is -1.56. The maximum Gasteiger partial charge on any atom is 0.141 e. The molecule has 0 spiro atoms. The number of Topliss-reactive ketones (excluding diaryl/α,β-unsaturated/α-hetero) is 1. The van der Waals surface area contributed by atoms with Crippen molar-refractivity contribution in [3.63, 3.8) is 0 Å². The molecule has 0 saturated heterocycles. The summed E-state index contributed by atoms with van der Waals surface area (Å²) in [6, 6.07) is 0. The van der Waals surface area contributed by atoms with Gasteiger partial charge in [-0.15, -0.1) is 11.3 Å². The molecular weight excluding hydrogens is 454 g/mol. The summed E-state index contributed by atoms with van der Waals surface area (Å²) < 4.78 is 6.34. The lowest BCUT2D eigenvalue weighted by atomic mass is 9.85. The summed E-state index contributed by atoms with van der Waals surface area (Å²) in [4.78, 5) is 17.3. The van der Waals surface area contributed by atoms with Crippen LogP contribution < -0.4 is 0 Å². The first kappa shape index (κ1) is 31.5. The largest absolute Gasteiger partial charge is 0.392 e. The molecular formula is C30H49NO3S. The van der Waals surface area contributed by atoms with Gasteiger partial charge in [-0.05, 0) is 83.8 Å². The number of rotatable bonds is 17. The van der Waals surface area contributed by atoms with E-state index in [1.165, 1.54) is 17.6 Å². The highest BCUT2D eigenvalue weighted by atomic mass is 32.1. The van der Waals surface area contributed by atoms with E-state index in [9.17, 15) is 9.90 Å². The molecule has 0 bridgehead atoms. The van der Waals surface area contributed by atoms with E-state index in [-0.39, 0.29) is 29.6 Å². The normalized spacial score (nSPS) is 16.6. The molecule has 0 aliphatic rings. The first-order chi connectivity index (χ1) is 16.6. The maximum atomic E-state index is 12.7. The molecule has 0 amide bonds. The van der Waals surface area contributed by atoms with Gasteiger partial charge in [0.1, 0.15) is 5.78 Å². The smallest absolute Gasteiger partial charge is 0.141 e. The van der Waals surface area contributed by atoms with Crippen LogP contribution in [0, 0.1) is 24.7 Å². The van der Waals surface area contributed by atoms with Gasteiger partial charge in [0, 0.05) is 23.8 Å². The van der Waals surface area contributed by atoms with Crippen LogP contribution in [0.2, 0.25) is 0 Å². The molecule has 1 aromatic heterocycles. The minimum atomic E-state index is -0.583. The van der Waals surface area contributed by atoms with Crippen LogP contribution in [0.5, 0.6) is 0 Å². The van der Waals surface area contributed by atoms with Crippen LogP contribution in [0.15, 0.2) is 34.8 Å². The van der Waals surface area contributed by atoms with Gasteiger partial charge in [0.15, 0.2) is 0 Å². The molecule has 0 saturated carbocycles. The number of aryl methyl sites for hydroxylation is 1. The van der Waals surface area contributed by atoms with Crippen molar-refractivity contribution in [2.45, 2.75) is 106 Å². The Morgan fingerprint density at radius 1 is 1.20 bits per heavy atom. The zero-order valence-corrected chi connectivity index (χ0v) is 24.2. The Labute approximate surface area is 218 Å². The summed E-state index contributed by atoms with van der Waals surface area (Å²) in [5.74, 6) is -0.170. The number of carbonyl (C=O) groups is 1. The molecule has 0 aliphatic carbocycles. The number of hydrogen-bond acceptors (Lipinski definition) is 5. The van der Waals surface area contributed by atoms with E-state index in [4.69, 9.17) is 4.74 Å². The highest BCUT2D eigenvalue weighted by Gasteiger charge is 2.27. The van der Waals surface area contributed by atoms with Gasteiger partial charge >= 0.3 is 0 Å². The number of nitrogens with zero attached hydrogens (tertiary/aromatic N) is 1. The first-order valence-electron chi connectivity index (χ1n) is 13.3. The number of carbonyl (C=O) groups excluding carboxylic acids is 1. The van der Waals surface area contributed by atoms with Crippen molar-refractivity contribution < 1.29 is 14.6 Å². The minimum Gasteiger partial charge on any atom is -0.392 e. The molecule has 4 nitrogen and oxygen atoms in total. The first-order valence-corrected chi connectivity index (χ1v) is 14.1. The standard InChI is InChI=1S/C30H49NO3S/c1-9-10-11-12-14-22(4)16-17-28(24(6)19-27-20-35-26(8)31-27)34-18-13-15-23(5)30(33)25(7)29(32)21(2)3/h9-10,16,19-21,23,25,28-29,32H,11-15,17-18H2,1-8H3/b10-9+,22-16-,24-19+. The molecule has 5 heteroatoms. The lowest BCUT2D eigenvalue weighted by Gasteiger charge is -2.24. The van der Waals surface area contributed by atoms with Crippen LogP contribution in [-0.2, 0) is 9.53 Å². The minimum absolute atomic E-state index is 0.00446. The van der Waals surface area contributed by atoms with Gasteiger partial charge in [-0.2, -0.15) is 0 Å². The number of thiazole rings is 1. The van der Waals surface area contributed by atoms with Crippen LogP contribution in [0.3, 0.4) is 0 Å². The third-order valence-corrected chi connectivity index (χ3v) is 7.40. The zero-order valence-electron chi connectivity index (χ0n) is 23.3. The van der Waals surface area contributed by atoms with Gasteiger partial charge in [-0.3, -0.25) is 4.79 Å². The average Bonchev–Trinajstić information content (AvgIpc) is 3.23. The van der Waals surface area contributed by atoms with Crippen molar-refractivity contribution >= 4 is 23.2 Å². The molecule has 1 N–H and O–H groups in total. The monoisotopic (exact) mass is 503 g/mol. The zero-order chi connectivity index (χ0) is 26.4. The van der Waals surface area contributed by atoms with Crippen LogP contribution in [0.1, 0.15) is 97.7 Å². The quantitative estimate of drug-likeness (QED) is 0.173. The molecule has 4 unspecified atom stereocenters. The van der Waals surface area contributed by atoms with Crippen molar-refractivity contribution in [2.24, 2.45) is 17.8 Å². The topological polar surface area (TPSA) is 59.4 Å². The highest BCUT2D eigenvalue weighted by molar-refractivity contribution is 7.09. The second-order valence-corrected chi connectivity index (χ2v) is 11.3. The number of ketones is 1.